The van der Waals surface area contributed by atoms with Gasteiger partial charge in [0, 0.05) is 41.8 Å². The summed E-state index contributed by atoms with van der Waals surface area (Å²) in [6, 6.07) is 13.5. The molecule has 0 radical (unpaired) electrons. The number of nitrogens with one attached hydrogen (secondary N) is 1. The molecule has 3 rings (SSSR count). The Morgan fingerprint density at radius 2 is 1.69 bits per heavy atom. The molecule has 0 unspecified atom stereocenters. The highest BCUT2D eigenvalue weighted by molar-refractivity contribution is 8.17. The lowest BCUT2D eigenvalue weighted by molar-refractivity contribution is -0.117. The number of hydrogen-bond acceptors (Lipinski definition) is 8. The maximum absolute atomic E-state index is 13.7. The Kier molecular flexibility index (Phi) is 10.6. The van der Waals surface area contributed by atoms with Crippen LogP contribution in [0.3, 0.4) is 0 Å². The van der Waals surface area contributed by atoms with Gasteiger partial charge in [-0.05, 0) is 60.1 Å². The lowest BCUT2D eigenvalue weighted by Gasteiger charge is -2.22. The Labute approximate surface area is 253 Å². The van der Waals surface area contributed by atoms with Crippen molar-refractivity contribution in [2.75, 3.05) is 12.3 Å². The van der Waals surface area contributed by atoms with Crippen LogP contribution >= 0.6 is 11.8 Å². The van der Waals surface area contributed by atoms with E-state index in [1.54, 1.807) is 26.1 Å². The van der Waals surface area contributed by atoms with Crippen molar-refractivity contribution in [1.29, 1.82) is 0 Å². The largest absolute Gasteiger partial charge is 0.457 e. The van der Waals surface area contributed by atoms with E-state index in [2.05, 4.69) is 62.9 Å². The predicted molar refractivity (Wildman–Crippen MR) is 170 cm³/mol. The number of benzene rings is 2. The van der Waals surface area contributed by atoms with E-state index in [1.807, 2.05) is 30.3 Å². The first kappa shape index (κ1) is 32.8. The van der Waals surface area contributed by atoms with Crippen LogP contribution in [0.1, 0.15) is 87.8 Å². The zero-order chi connectivity index (χ0) is 31.2. The molecular weight excluding hydrogens is 548 g/mol. The van der Waals surface area contributed by atoms with Gasteiger partial charge < -0.3 is 20.9 Å². The number of nitrogens with two attached hydrogens (primary N) is 1. The average molecular weight is 591 g/mol. The fourth-order valence-corrected chi connectivity index (χ4v) is 5.00. The quantitative estimate of drug-likeness (QED) is 0.238. The maximum atomic E-state index is 13.7. The van der Waals surface area contributed by atoms with Gasteiger partial charge in [-0.15, -0.1) is 0 Å². The molecule has 0 bridgehead atoms. The number of amides is 1. The molecule has 0 atom stereocenters. The highest BCUT2D eigenvalue weighted by Crippen LogP contribution is 2.37. The molecule has 8 nitrogen and oxygen atoms in total. The standard InChI is InChI=1S/C33H42N4O4S/c1-20(30(39)36-19-22-18-35-21(2)37-29(22)34)28(14-15-38)42-31(40)26-13-12-24(33(6,7)8)17-27(26)41-25-11-9-10-23(16-25)32(3,4)5/h9-13,16-18,38H,14-15,19H2,1-8H3,(H,36,39)(H2,34,35,37)/b28-20-. The molecule has 0 spiro atoms. The first-order valence-corrected chi connectivity index (χ1v) is 14.7. The molecule has 4 N–H and O–H groups in total. The first-order valence-electron chi connectivity index (χ1n) is 13.9. The molecule has 1 amide bonds. The predicted octanol–water partition coefficient (Wildman–Crippen LogP) is 6.60. The molecule has 0 aliphatic carbocycles. The van der Waals surface area contributed by atoms with E-state index in [-0.39, 0.29) is 41.4 Å². The van der Waals surface area contributed by atoms with Gasteiger partial charge in [-0.1, -0.05) is 71.5 Å². The van der Waals surface area contributed by atoms with Crippen LogP contribution in [0.5, 0.6) is 11.5 Å². The Bertz CT molecular complexity index is 1490. The highest BCUT2D eigenvalue weighted by atomic mass is 32.2. The lowest BCUT2D eigenvalue weighted by atomic mass is 9.86. The monoisotopic (exact) mass is 590 g/mol. The summed E-state index contributed by atoms with van der Waals surface area (Å²) in [6.07, 6.45) is 1.72. The normalized spacial score (nSPS) is 12.5. The number of hydrogen-bond donors (Lipinski definition) is 3. The van der Waals surface area contributed by atoms with Crippen molar-refractivity contribution in [1.82, 2.24) is 15.3 Å². The van der Waals surface area contributed by atoms with Crippen LogP contribution in [0.15, 0.2) is 59.1 Å². The Balaban J connectivity index is 1.91. The number of carbonyl (C=O) groups excluding carboxylic acids is 2. The van der Waals surface area contributed by atoms with Gasteiger partial charge in [0.1, 0.15) is 23.1 Å². The molecule has 1 aromatic heterocycles. The summed E-state index contributed by atoms with van der Waals surface area (Å²) in [5.74, 6) is 1.53. The summed E-state index contributed by atoms with van der Waals surface area (Å²) in [4.78, 5) is 35.5. The third kappa shape index (κ3) is 8.66. The van der Waals surface area contributed by atoms with Crippen LogP contribution in [0.4, 0.5) is 5.82 Å². The molecule has 0 aliphatic rings. The summed E-state index contributed by atoms with van der Waals surface area (Å²) in [7, 11) is 0. The van der Waals surface area contributed by atoms with Crippen molar-refractivity contribution in [2.24, 2.45) is 0 Å². The fraction of sp³-hybridized carbons (Fsp3) is 0.394. The molecule has 0 saturated heterocycles. The molecule has 42 heavy (non-hydrogen) atoms. The summed E-state index contributed by atoms with van der Waals surface area (Å²) < 4.78 is 6.36. The molecular formula is C33H42N4O4S. The van der Waals surface area contributed by atoms with Gasteiger partial charge in [0.15, 0.2) is 0 Å². The van der Waals surface area contributed by atoms with Crippen LogP contribution in [-0.4, -0.2) is 32.7 Å². The van der Waals surface area contributed by atoms with E-state index in [0.717, 1.165) is 22.9 Å². The molecule has 2 aromatic carbocycles. The zero-order valence-electron chi connectivity index (χ0n) is 25.8. The second-order valence-electron chi connectivity index (χ2n) is 12.3. The number of aromatic nitrogens is 2. The van der Waals surface area contributed by atoms with Crippen molar-refractivity contribution in [3.8, 4) is 11.5 Å². The van der Waals surface area contributed by atoms with E-state index in [9.17, 15) is 14.7 Å². The fourth-order valence-electron chi connectivity index (χ4n) is 4.06. The van der Waals surface area contributed by atoms with Crippen LogP contribution in [0.2, 0.25) is 0 Å². The minimum absolute atomic E-state index is 0.0680. The Morgan fingerprint density at radius 1 is 1.02 bits per heavy atom. The number of nitrogen functional groups attached to an aromatic ring is 1. The molecule has 9 heteroatoms. The van der Waals surface area contributed by atoms with E-state index in [0.29, 0.717) is 44.7 Å². The summed E-state index contributed by atoms with van der Waals surface area (Å²) in [5, 5.41) is 12.3. The highest BCUT2D eigenvalue weighted by Gasteiger charge is 2.23. The van der Waals surface area contributed by atoms with E-state index >= 15 is 0 Å². The van der Waals surface area contributed by atoms with Gasteiger partial charge in [-0.2, -0.15) is 0 Å². The van der Waals surface area contributed by atoms with Crippen molar-refractivity contribution < 1.29 is 19.4 Å². The van der Waals surface area contributed by atoms with Crippen LogP contribution in [0, 0.1) is 6.92 Å². The number of aliphatic hydroxyl groups excluding tert-OH is 1. The van der Waals surface area contributed by atoms with Gasteiger partial charge in [0.05, 0.1) is 5.56 Å². The number of carbonyl (C=O) groups is 2. The zero-order valence-corrected chi connectivity index (χ0v) is 26.6. The van der Waals surface area contributed by atoms with Gasteiger partial charge >= 0.3 is 0 Å². The molecule has 0 saturated carbocycles. The number of aliphatic hydroxyl groups is 1. The number of rotatable bonds is 9. The molecule has 0 fully saturated rings. The number of thioether (sulfide) groups is 1. The van der Waals surface area contributed by atoms with Crippen molar-refractivity contribution in [3.63, 3.8) is 0 Å². The minimum Gasteiger partial charge on any atom is -0.457 e. The van der Waals surface area contributed by atoms with Gasteiger partial charge in [0.2, 0.25) is 11.0 Å². The molecule has 224 valence electrons. The van der Waals surface area contributed by atoms with E-state index in [1.165, 1.54) is 0 Å². The Morgan fingerprint density at radius 3 is 2.31 bits per heavy atom. The van der Waals surface area contributed by atoms with Crippen molar-refractivity contribution in [3.05, 3.63) is 87.2 Å². The SMILES string of the molecule is C/C(C(=O)NCc1cnc(C)nc1N)=C(\CCO)SC(=O)c1ccc(C(C)(C)C)cc1Oc1cccc(C(C)(C)C)c1. The molecule has 0 aliphatic heterocycles. The van der Waals surface area contributed by atoms with Crippen molar-refractivity contribution >= 4 is 28.6 Å². The van der Waals surface area contributed by atoms with Gasteiger partial charge in [-0.25, -0.2) is 9.97 Å². The first-order chi connectivity index (χ1) is 19.6. The van der Waals surface area contributed by atoms with E-state index < -0.39 is 0 Å². The van der Waals surface area contributed by atoms with Crippen LogP contribution in [0.25, 0.3) is 0 Å². The summed E-state index contributed by atoms with van der Waals surface area (Å²) in [6.45, 7) is 16.0. The van der Waals surface area contributed by atoms with Crippen LogP contribution < -0.4 is 15.8 Å². The van der Waals surface area contributed by atoms with Gasteiger partial charge in [0.25, 0.3) is 0 Å². The number of anilines is 1. The van der Waals surface area contributed by atoms with Gasteiger partial charge in [-0.3, -0.25) is 9.59 Å². The Hall–Kier alpha value is -3.69. The third-order valence-electron chi connectivity index (χ3n) is 6.77. The lowest BCUT2D eigenvalue weighted by Crippen LogP contribution is -2.25. The second-order valence-corrected chi connectivity index (χ2v) is 13.3. The smallest absolute Gasteiger partial charge is 0.247 e. The summed E-state index contributed by atoms with van der Waals surface area (Å²) >= 11 is 0.922. The number of aryl methyl sites for hydroxylation is 1. The van der Waals surface area contributed by atoms with Crippen molar-refractivity contribution in [2.45, 2.75) is 79.2 Å². The number of nitrogens with zero attached hydrogens (tertiary/aromatic N) is 2. The number of ether oxygens (including phenoxy) is 1. The average Bonchev–Trinajstić information content (AvgIpc) is 2.91. The third-order valence-corrected chi connectivity index (χ3v) is 7.93. The minimum atomic E-state index is -0.378. The maximum Gasteiger partial charge on any atom is 0.247 e. The molecule has 3 aromatic rings. The summed E-state index contributed by atoms with van der Waals surface area (Å²) in [5.41, 5.74) is 9.15. The second kappa shape index (κ2) is 13.5. The van der Waals surface area contributed by atoms with Crippen LogP contribution in [-0.2, 0) is 22.2 Å². The molecule has 1 heterocycles. The van der Waals surface area contributed by atoms with E-state index in [4.69, 9.17) is 10.5 Å². The topological polar surface area (TPSA) is 127 Å².